The van der Waals surface area contributed by atoms with Gasteiger partial charge in [0, 0.05) is 35.2 Å². The Morgan fingerprint density at radius 1 is 0.333 bits per heavy atom. The summed E-state index contributed by atoms with van der Waals surface area (Å²) in [7, 11) is 2.11. The Labute approximate surface area is 231 Å². The lowest BCUT2D eigenvalue weighted by Gasteiger charge is -2.30. The van der Waals surface area contributed by atoms with Crippen LogP contribution in [-0.4, -0.2) is 7.05 Å². The van der Waals surface area contributed by atoms with Crippen molar-refractivity contribution in [2.45, 2.75) is 0 Å². The lowest BCUT2D eigenvalue weighted by Crippen LogP contribution is -2.13. The van der Waals surface area contributed by atoms with Gasteiger partial charge in [0.15, 0.2) is 0 Å². The quantitative estimate of drug-likeness (QED) is 0.214. The molecule has 6 aromatic rings. The highest BCUT2D eigenvalue weighted by atomic mass is 15.2. The molecular formula is C37H30N2. The van der Waals surface area contributed by atoms with Crippen LogP contribution in [0.1, 0.15) is 0 Å². The van der Waals surface area contributed by atoms with E-state index in [1.807, 2.05) is 6.07 Å². The first-order valence-corrected chi connectivity index (χ1v) is 13.3. The van der Waals surface area contributed by atoms with Crippen molar-refractivity contribution in [3.8, 4) is 22.3 Å². The summed E-state index contributed by atoms with van der Waals surface area (Å²) < 4.78 is 0. The van der Waals surface area contributed by atoms with Crippen LogP contribution in [0.4, 0.5) is 28.4 Å². The summed E-state index contributed by atoms with van der Waals surface area (Å²) >= 11 is 0. The molecule has 0 atom stereocenters. The van der Waals surface area contributed by atoms with Crippen LogP contribution in [0.3, 0.4) is 0 Å². The van der Waals surface area contributed by atoms with Gasteiger partial charge < -0.3 is 9.80 Å². The molecular weight excluding hydrogens is 472 g/mol. The summed E-state index contributed by atoms with van der Waals surface area (Å²) in [6, 6.07) is 57.9. The zero-order valence-electron chi connectivity index (χ0n) is 22.0. The summed E-state index contributed by atoms with van der Waals surface area (Å²) in [5.74, 6) is 0. The lowest BCUT2D eigenvalue weighted by atomic mass is 9.99. The van der Waals surface area contributed by atoms with E-state index in [2.05, 4.69) is 175 Å². The SMILES string of the molecule is CN(c1ccccc1)c1ccc(N(c2ccccc2-c2ccccc2)c2ccccc2-c2ccccc2)cc1. The van der Waals surface area contributed by atoms with Crippen LogP contribution in [0.25, 0.3) is 22.3 Å². The second-order valence-electron chi connectivity index (χ2n) is 9.51. The van der Waals surface area contributed by atoms with Gasteiger partial charge in [-0.2, -0.15) is 0 Å². The zero-order valence-corrected chi connectivity index (χ0v) is 22.0. The highest BCUT2D eigenvalue weighted by Crippen LogP contribution is 2.44. The molecule has 0 N–H and O–H groups in total. The molecule has 0 aliphatic heterocycles. The third kappa shape index (κ3) is 5.05. The smallest absolute Gasteiger partial charge is 0.0540 e. The van der Waals surface area contributed by atoms with Crippen molar-refractivity contribution in [1.82, 2.24) is 0 Å². The van der Waals surface area contributed by atoms with E-state index in [-0.39, 0.29) is 0 Å². The van der Waals surface area contributed by atoms with Crippen molar-refractivity contribution < 1.29 is 0 Å². The van der Waals surface area contributed by atoms with Crippen molar-refractivity contribution in [2.24, 2.45) is 0 Å². The Morgan fingerprint density at radius 3 is 1.18 bits per heavy atom. The molecule has 0 heterocycles. The van der Waals surface area contributed by atoms with E-state index in [0.717, 1.165) is 28.4 Å². The Kier molecular flexibility index (Phi) is 6.92. The summed E-state index contributed by atoms with van der Waals surface area (Å²) in [6.07, 6.45) is 0. The maximum Gasteiger partial charge on any atom is 0.0540 e. The molecule has 0 aliphatic rings. The predicted octanol–water partition coefficient (Wildman–Crippen LogP) is 10.3. The van der Waals surface area contributed by atoms with E-state index in [1.54, 1.807) is 0 Å². The molecule has 188 valence electrons. The van der Waals surface area contributed by atoms with E-state index in [9.17, 15) is 0 Å². The Morgan fingerprint density at radius 2 is 0.692 bits per heavy atom. The van der Waals surface area contributed by atoms with Crippen LogP contribution in [0.15, 0.2) is 164 Å². The number of hydrogen-bond donors (Lipinski definition) is 0. The first-order chi connectivity index (χ1) is 19.3. The minimum absolute atomic E-state index is 1.10. The maximum absolute atomic E-state index is 2.39. The Hall–Kier alpha value is -5.08. The standard InChI is InChI=1S/C37H30N2/c1-38(31-19-9-4-10-20-31)32-25-27-33(28-26-32)39(36-23-13-11-21-34(36)29-15-5-2-6-16-29)37-24-14-12-22-35(37)30-17-7-3-8-18-30/h2-28H,1H3. The number of nitrogens with zero attached hydrogens (tertiary/aromatic N) is 2. The summed E-state index contributed by atoms with van der Waals surface area (Å²) in [4.78, 5) is 4.60. The number of rotatable bonds is 7. The molecule has 6 aromatic carbocycles. The second kappa shape index (κ2) is 11.1. The van der Waals surface area contributed by atoms with Crippen LogP contribution in [0.2, 0.25) is 0 Å². The van der Waals surface area contributed by atoms with Gasteiger partial charge in [0.25, 0.3) is 0 Å². The van der Waals surface area contributed by atoms with Crippen LogP contribution >= 0.6 is 0 Å². The molecule has 0 fully saturated rings. The predicted molar refractivity (Wildman–Crippen MR) is 167 cm³/mol. The molecule has 0 unspecified atom stereocenters. The minimum atomic E-state index is 1.10. The number of hydrogen-bond acceptors (Lipinski definition) is 2. The molecule has 0 radical (unpaired) electrons. The van der Waals surface area contributed by atoms with E-state index in [4.69, 9.17) is 0 Å². The highest BCUT2D eigenvalue weighted by molar-refractivity contribution is 5.93. The monoisotopic (exact) mass is 502 g/mol. The van der Waals surface area contributed by atoms with Crippen molar-refractivity contribution in [3.63, 3.8) is 0 Å². The molecule has 0 spiro atoms. The van der Waals surface area contributed by atoms with Gasteiger partial charge in [-0.1, -0.05) is 115 Å². The van der Waals surface area contributed by atoms with Crippen LogP contribution in [0.5, 0.6) is 0 Å². The van der Waals surface area contributed by atoms with Gasteiger partial charge in [-0.05, 0) is 59.7 Å². The first kappa shape index (κ1) is 24.3. The molecule has 0 saturated carbocycles. The minimum Gasteiger partial charge on any atom is -0.345 e. The van der Waals surface area contributed by atoms with E-state index < -0.39 is 0 Å². The van der Waals surface area contributed by atoms with Crippen molar-refractivity contribution in [3.05, 3.63) is 164 Å². The molecule has 0 amide bonds. The maximum atomic E-state index is 2.39. The Bertz CT molecular complexity index is 1560. The normalized spacial score (nSPS) is 10.7. The molecule has 0 aromatic heterocycles. The summed E-state index contributed by atoms with van der Waals surface area (Å²) in [6.45, 7) is 0. The summed E-state index contributed by atoms with van der Waals surface area (Å²) in [5.41, 5.74) is 10.4. The Balaban J connectivity index is 1.52. The van der Waals surface area contributed by atoms with E-state index in [0.29, 0.717) is 0 Å². The van der Waals surface area contributed by atoms with Gasteiger partial charge in [-0.3, -0.25) is 0 Å². The number of para-hydroxylation sites is 3. The average molecular weight is 503 g/mol. The molecule has 0 bridgehead atoms. The van der Waals surface area contributed by atoms with Crippen LogP contribution in [-0.2, 0) is 0 Å². The molecule has 6 rings (SSSR count). The summed E-state index contributed by atoms with van der Waals surface area (Å²) in [5, 5.41) is 0. The van der Waals surface area contributed by atoms with E-state index >= 15 is 0 Å². The lowest BCUT2D eigenvalue weighted by molar-refractivity contribution is 1.20. The highest BCUT2D eigenvalue weighted by Gasteiger charge is 2.20. The largest absolute Gasteiger partial charge is 0.345 e. The molecule has 0 saturated heterocycles. The number of anilines is 5. The van der Waals surface area contributed by atoms with Gasteiger partial charge in [-0.15, -0.1) is 0 Å². The fourth-order valence-electron chi connectivity index (χ4n) is 5.09. The fourth-order valence-corrected chi connectivity index (χ4v) is 5.09. The third-order valence-corrected chi connectivity index (χ3v) is 7.10. The molecule has 0 aliphatic carbocycles. The van der Waals surface area contributed by atoms with Crippen molar-refractivity contribution in [2.75, 3.05) is 16.8 Å². The molecule has 2 nitrogen and oxygen atoms in total. The van der Waals surface area contributed by atoms with Gasteiger partial charge >= 0.3 is 0 Å². The third-order valence-electron chi connectivity index (χ3n) is 7.10. The second-order valence-corrected chi connectivity index (χ2v) is 9.51. The van der Waals surface area contributed by atoms with Crippen LogP contribution < -0.4 is 9.80 Å². The fraction of sp³-hybridized carbons (Fsp3) is 0.0270. The molecule has 2 heteroatoms. The van der Waals surface area contributed by atoms with Gasteiger partial charge in [0.2, 0.25) is 0 Å². The van der Waals surface area contributed by atoms with Gasteiger partial charge in [0.1, 0.15) is 0 Å². The zero-order chi connectivity index (χ0) is 26.4. The van der Waals surface area contributed by atoms with E-state index in [1.165, 1.54) is 22.3 Å². The van der Waals surface area contributed by atoms with Crippen molar-refractivity contribution >= 4 is 28.4 Å². The van der Waals surface area contributed by atoms with Crippen LogP contribution in [0, 0.1) is 0 Å². The first-order valence-electron chi connectivity index (χ1n) is 13.3. The van der Waals surface area contributed by atoms with Gasteiger partial charge in [0.05, 0.1) is 11.4 Å². The number of benzene rings is 6. The topological polar surface area (TPSA) is 6.48 Å². The molecule has 39 heavy (non-hydrogen) atoms. The average Bonchev–Trinajstić information content (AvgIpc) is 3.03. The van der Waals surface area contributed by atoms with Crippen molar-refractivity contribution in [1.29, 1.82) is 0 Å². The van der Waals surface area contributed by atoms with Gasteiger partial charge in [-0.25, -0.2) is 0 Å².